The zero-order valence-electron chi connectivity index (χ0n) is 14.5. The van der Waals surface area contributed by atoms with Crippen LogP contribution in [0, 0.1) is 0 Å². The van der Waals surface area contributed by atoms with Crippen LogP contribution in [0.5, 0.6) is 0 Å². The largest absolute Gasteiger partial charge is 0.419 e. The van der Waals surface area contributed by atoms with Gasteiger partial charge in [0.05, 0.1) is 5.56 Å². The van der Waals surface area contributed by atoms with Crippen molar-refractivity contribution in [1.82, 2.24) is 0 Å². The molecule has 27 heavy (non-hydrogen) atoms. The number of carbonyl (C=O) groups excluding carboxylic acids is 2. The first-order chi connectivity index (χ1) is 12.6. The van der Waals surface area contributed by atoms with Gasteiger partial charge in [-0.05, 0) is 28.8 Å². The third-order valence-electron chi connectivity index (χ3n) is 3.90. The Labute approximate surface area is 153 Å². The molecule has 7 heteroatoms. The maximum Gasteiger partial charge on any atom is 0.417 e. The summed E-state index contributed by atoms with van der Waals surface area (Å²) in [4.78, 5) is 24.3. The van der Waals surface area contributed by atoms with Crippen molar-refractivity contribution in [3.05, 3.63) is 65.2 Å². The Kier molecular flexibility index (Phi) is 4.55. The Hall–Kier alpha value is -3.09. The molecule has 1 fully saturated rings. The summed E-state index contributed by atoms with van der Waals surface area (Å²) >= 11 is 0. The monoisotopic (exact) mass is 376 g/mol. The summed E-state index contributed by atoms with van der Waals surface area (Å²) in [5, 5.41) is 0. The molecule has 0 unspecified atom stereocenters. The second-order valence-electron chi connectivity index (χ2n) is 6.37. The van der Waals surface area contributed by atoms with Crippen LogP contribution in [0.2, 0.25) is 0 Å². The SMILES string of the molecule is CC1(C)OC(=O)C(=Cc2ccccc2-c2ccccc2C(F)(F)F)C(=O)O1. The Bertz CT molecular complexity index is 920. The number of carbonyl (C=O) groups is 2. The topological polar surface area (TPSA) is 52.6 Å². The Balaban J connectivity index is 2.12. The number of rotatable bonds is 2. The molecule has 0 saturated carbocycles. The number of hydrogen-bond acceptors (Lipinski definition) is 4. The van der Waals surface area contributed by atoms with Crippen molar-refractivity contribution in [3.63, 3.8) is 0 Å². The number of ether oxygens (including phenoxy) is 2. The van der Waals surface area contributed by atoms with E-state index in [1.165, 1.54) is 50.3 Å². The van der Waals surface area contributed by atoms with Gasteiger partial charge in [0, 0.05) is 13.8 Å². The maximum absolute atomic E-state index is 13.4. The standard InChI is InChI=1S/C20H15F3O4/c1-19(2)26-17(24)15(18(25)27-19)11-12-7-3-4-8-13(12)14-9-5-6-10-16(14)20(21,22)23/h3-11H,1-2H3. The van der Waals surface area contributed by atoms with E-state index in [-0.39, 0.29) is 22.3 Å². The summed E-state index contributed by atoms with van der Waals surface area (Å²) in [5.41, 5.74) is -0.770. The van der Waals surface area contributed by atoms with Crippen molar-refractivity contribution in [2.24, 2.45) is 0 Å². The molecule has 0 radical (unpaired) electrons. The predicted molar refractivity (Wildman–Crippen MR) is 91.1 cm³/mol. The lowest BCUT2D eigenvalue weighted by atomic mass is 9.94. The van der Waals surface area contributed by atoms with Crippen molar-refractivity contribution in [2.75, 3.05) is 0 Å². The molecular weight excluding hydrogens is 361 g/mol. The van der Waals surface area contributed by atoms with Crippen LogP contribution in [0.3, 0.4) is 0 Å². The summed E-state index contributed by atoms with van der Waals surface area (Å²) in [7, 11) is 0. The van der Waals surface area contributed by atoms with Gasteiger partial charge in [0.25, 0.3) is 5.79 Å². The summed E-state index contributed by atoms with van der Waals surface area (Å²) in [6, 6.07) is 11.3. The highest BCUT2D eigenvalue weighted by Gasteiger charge is 2.39. The van der Waals surface area contributed by atoms with Gasteiger partial charge in [0.15, 0.2) is 0 Å². The van der Waals surface area contributed by atoms with Gasteiger partial charge in [-0.2, -0.15) is 13.2 Å². The van der Waals surface area contributed by atoms with E-state index in [1.807, 2.05) is 0 Å². The number of hydrogen-bond donors (Lipinski definition) is 0. The molecule has 1 aliphatic heterocycles. The molecule has 3 rings (SSSR count). The average molecular weight is 376 g/mol. The molecular formula is C20H15F3O4. The highest BCUT2D eigenvalue weighted by Crippen LogP contribution is 2.38. The summed E-state index contributed by atoms with van der Waals surface area (Å²) in [5.74, 6) is -3.18. The van der Waals surface area contributed by atoms with Crippen LogP contribution in [-0.4, -0.2) is 17.7 Å². The van der Waals surface area contributed by atoms with E-state index in [2.05, 4.69) is 0 Å². The lowest BCUT2D eigenvalue weighted by Gasteiger charge is -2.29. The quantitative estimate of drug-likeness (QED) is 0.437. The molecule has 4 nitrogen and oxygen atoms in total. The number of cyclic esters (lactones) is 2. The maximum atomic E-state index is 13.4. The van der Waals surface area contributed by atoms with E-state index in [9.17, 15) is 22.8 Å². The molecule has 1 saturated heterocycles. The van der Waals surface area contributed by atoms with Crippen LogP contribution in [0.4, 0.5) is 13.2 Å². The van der Waals surface area contributed by atoms with E-state index in [0.29, 0.717) is 0 Å². The van der Waals surface area contributed by atoms with Crippen LogP contribution < -0.4 is 0 Å². The van der Waals surface area contributed by atoms with Gasteiger partial charge < -0.3 is 9.47 Å². The van der Waals surface area contributed by atoms with E-state index in [1.54, 1.807) is 12.1 Å². The second-order valence-corrected chi connectivity index (χ2v) is 6.37. The average Bonchev–Trinajstić information content (AvgIpc) is 2.57. The molecule has 1 heterocycles. The first-order valence-corrected chi connectivity index (χ1v) is 8.02. The van der Waals surface area contributed by atoms with Crippen LogP contribution in [0.15, 0.2) is 54.1 Å². The fourth-order valence-electron chi connectivity index (χ4n) is 2.77. The summed E-state index contributed by atoms with van der Waals surface area (Å²) in [6.07, 6.45) is -3.37. The normalized spacial score (nSPS) is 16.6. The van der Waals surface area contributed by atoms with Gasteiger partial charge >= 0.3 is 18.1 Å². The van der Waals surface area contributed by atoms with Gasteiger partial charge in [0.2, 0.25) is 0 Å². The van der Waals surface area contributed by atoms with Gasteiger partial charge in [-0.1, -0.05) is 42.5 Å². The minimum Gasteiger partial charge on any atom is -0.419 e. The van der Waals surface area contributed by atoms with Gasteiger partial charge in [-0.3, -0.25) is 0 Å². The van der Waals surface area contributed by atoms with Crippen LogP contribution in [-0.2, 0) is 25.2 Å². The minimum atomic E-state index is -4.55. The van der Waals surface area contributed by atoms with Gasteiger partial charge in [-0.25, -0.2) is 9.59 Å². The fourth-order valence-corrected chi connectivity index (χ4v) is 2.77. The van der Waals surface area contributed by atoms with Crippen molar-refractivity contribution in [2.45, 2.75) is 25.8 Å². The van der Waals surface area contributed by atoms with Crippen LogP contribution in [0.25, 0.3) is 17.2 Å². The molecule has 2 aromatic rings. The lowest BCUT2D eigenvalue weighted by molar-refractivity contribution is -0.222. The van der Waals surface area contributed by atoms with Gasteiger partial charge in [0.1, 0.15) is 5.57 Å². The van der Waals surface area contributed by atoms with E-state index in [0.717, 1.165) is 6.07 Å². The van der Waals surface area contributed by atoms with E-state index in [4.69, 9.17) is 9.47 Å². The molecule has 2 aromatic carbocycles. The number of benzene rings is 2. The third kappa shape index (κ3) is 3.86. The second kappa shape index (κ2) is 6.57. The summed E-state index contributed by atoms with van der Waals surface area (Å²) < 4.78 is 50.2. The molecule has 0 aliphatic carbocycles. The first-order valence-electron chi connectivity index (χ1n) is 8.02. The van der Waals surface area contributed by atoms with Crippen molar-refractivity contribution in [3.8, 4) is 11.1 Å². The number of alkyl halides is 3. The molecule has 0 bridgehead atoms. The molecule has 140 valence electrons. The van der Waals surface area contributed by atoms with Crippen molar-refractivity contribution >= 4 is 18.0 Å². The van der Waals surface area contributed by atoms with Crippen LogP contribution in [0.1, 0.15) is 25.0 Å². The van der Waals surface area contributed by atoms with E-state index >= 15 is 0 Å². The van der Waals surface area contributed by atoms with E-state index < -0.39 is 29.5 Å². The predicted octanol–water partition coefficient (Wildman–Crippen LogP) is 4.59. The Morgan fingerprint density at radius 1 is 0.852 bits per heavy atom. The fraction of sp³-hybridized carbons (Fsp3) is 0.200. The Morgan fingerprint density at radius 3 is 1.96 bits per heavy atom. The number of halogens is 3. The zero-order chi connectivity index (χ0) is 19.8. The highest BCUT2D eigenvalue weighted by molar-refractivity contribution is 6.19. The Morgan fingerprint density at radius 2 is 1.37 bits per heavy atom. The molecule has 1 aliphatic rings. The third-order valence-corrected chi connectivity index (χ3v) is 3.90. The molecule has 0 atom stereocenters. The zero-order valence-corrected chi connectivity index (χ0v) is 14.5. The van der Waals surface area contributed by atoms with Gasteiger partial charge in [-0.15, -0.1) is 0 Å². The van der Waals surface area contributed by atoms with Crippen molar-refractivity contribution < 1.29 is 32.2 Å². The highest BCUT2D eigenvalue weighted by atomic mass is 19.4. The lowest BCUT2D eigenvalue weighted by Crippen LogP contribution is -2.41. The first kappa shape index (κ1) is 18.7. The molecule has 0 amide bonds. The summed E-state index contributed by atoms with van der Waals surface area (Å²) in [6.45, 7) is 2.82. The minimum absolute atomic E-state index is 0.0599. The van der Waals surface area contributed by atoms with Crippen molar-refractivity contribution in [1.29, 1.82) is 0 Å². The molecule has 0 N–H and O–H groups in total. The van der Waals surface area contributed by atoms with Crippen LogP contribution >= 0.6 is 0 Å². The number of esters is 2. The molecule has 0 aromatic heterocycles. The smallest absolute Gasteiger partial charge is 0.417 e. The molecule has 0 spiro atoms.